The summed E-state index contributed by atoms with van der Waals surface area (Å²) < 4.78 is 0. The molecule has 0 atom stereocenters. The highest BCUT2D eigenvalue weighted by Gasteiger charge is 2.35. The van der Waals surface area contributed by atoms with Crippen LogP contribution in [-0.4, -0.2) is 11.9 Å². The summed E-state index contributed by atoms with van der Waals surface area (Å²) >= 11 is 0. The molecule has 1 aromatic rings. The fourth-order valence-corrected chi connectivity index (χ4v) is 2.38. The van der Waals surface area contributed by atoms with E-state index >= 15 is 0 Å². The van der Waals surface area contributed by atoms with Crippen molar-refractivity contribution in [1.82, 2.24) is 0 Å². The molecular weight excluding hydrogens is 186 g/mol. The Labute approximate surface area is 89.9 Å². The number of fused-ring (bicyclic) bond motifs is 1. The van der Waals surface area contributed by atoms with Gasteiger partial charge in [0.15, 0.2) is 0 Å². The number of hydrogen-bond donors (Lipinski definition) is 0. The molecule has 2 heteroatoms. The maximum atomic E-state index is 12.0. The summed E-state index contributed by atoms with van der Waals surface area (Å²) in [6.45, 7) is 0. The monoisotopic (exact) mass is 201 g/mol. The summed E-state index contributed by atoms with van der Waals surface area (Å²) in [6, 6.07) is 8.85. The van der Waals surface area contributed by atoms with Crippen LogP contribution in [0.4, 0.5) is 5.69 Å². The smallest absolute Gasteiger partial charge is 0.227 e. The molecule has 2 aliphatic rings. The Bertz CT molecular complexity index is 395. The number of carbonyl (C=O) groups excluding carboxylic acids is 1. The molecule has 1 aliphatic heterocycles. The summed E-state index contributed by atoms with van der Waals surface area (Å²) in [5.74, 6) is 0.322. The van der Waals surface area contributed by atoms with Crippen LogP contribution in [0.1, 0.15) is 31.2 Å². The van der Waals surface area contributed by atoms with Crippen LogP contribution < -0.4 is 4.90 Å². The van der Waals surface area contributed by atoms with Gasteiger partial charge in [-0.2, -0.15) is 0 Å². The molecule has 15 heavy (non-hydrogen) atoms. The number of rotatable bonds is 1. The third-order valence-electron chi connectivity index (χ3n) is 3.27. The largest absolute Gasteiger partial charge is 0.309 e. The lowest BCUT2D eigenvalue weighted by Gasteiger charge is -2.22. The zero-order valence-electron chi connectivity index (χ0n) is 8.78. The molecule has 0 N–H and O–H groups in total. The molecule has 1 aromatic carbocycles. The minimum atomic E-state index is 0.322. The van der Waals surface area contributed by atoms with Crippen molar-refractivity contribution >= 4 is 11.6 Å². The van der Waals surface area contributed by atoms with Gasteiger partial charge in [0.2, 0.25) is 5.91 Å². The molecule has 2 nitrogen and oxygen atoms in total. The zero-order valence-corrected chi connectivity index (χ0v) is 8.78. The Morgan fingerprint density at radius 3 is 2.73 bits per heavy atom. The number of carbonyl (C=O) groups is 1. The predicted octanol–water partition coefficient (Wildman–Crippen LogP) is 2.52. The van der Waals surface area contributed by atoms with Crippen LogP contribution in [-0.2, 0) is 11.2 Å². The number of benzene rings is 1. The van der Waals surface area contributed by atoms with E-state index in [1.54, 1.807) is 0 Å². The van der Waals surface area contributed by atoms with Gasteiger partial charge in [-0.25, -0.2) is 0 Å². The van der Waals surface area contributed by atoms with E-state index in [9.17, 15) is 4.79 Å². The third-order valence-corrected chi connectivity index (χ3v) is 3.27. The van der Waals surface area contributed by atoms with Crippen molar-refractivity contribution in [2.45, 2.75) is 38.1 Å². The molecule has 0 saturated heterocycles. The lowest BCUT2D eigenvalue weighted by Crippen LogP contribution is -2.32. The van der Waals surface area contributed by atoms with Crippen LogP contribution in [0.15, 0.2) is 24.3 Å². The highest BCUT2D eigenvalue weighted by molar-refractivity contribution is 5.95. The number of aryl methyl sites for hydroxylation is 1. The molecule has 1 heterocycles. The van der Waals surface area contributed by atoms with Crippen molar-refractivity contribution in [2.24, 2.45) is 0 Å². The van der Waals surface area contributed by atoms with Crippen molar-refractivity contribution in [3.05, 3.63) is 29.8 Å². The molecule has 1 fully saturated rings. The summed E-state index contributed by atoms with van der Waals surface area (Å²) in [4.78, 5) is 14.0. The molecule has 3 rings (SSSR count). The Balaban J connectivity index is 2.06. The second kappa shape index (κ2) is 3.37. The van der Waals surface area contributed by atoms with Gasteiger partial charge in [0.05, 0.1) is 0 Å². The van der Waals surface area contributed by atoms with Gasteiger partial charge in [-0.1, -0.05) is 18.2 Å². The highest BCUT2D eigenvalue weighted by atomic mass is 16.2. The van der Waals surface area contributed by atoms with Crippen molar-refractivity contribution in [2.75, 3.05) is 4.90 Å². The Morgan fingerprint density at radius 1 is 1.13 bits per heavy atom. The molecule has 0 spiro atoms. The first-order valence-electron chi connectivity index (χ1n) is 5.76. The average molecular weight is 201 g/mol. The first kappa shape index (κ1) is 8.96. The van der Waals surface area contributed by atoms with Gasteiger partial charge in [0.1, 0.15) is 0 Å². The molecule has 0 aromatic heterocycles. The van der Waals surface area contributed by atoms with Gasteiger partial charge in [0, 0.05) is 18.2 Å². The topological polar surface area (TPSA) is 20.3 Å². The summed E-state index contributed by atoms with van der Waals surface area (Å²) in [5, 5.41) is 0. The van der Waals surface area contributed by atoms with Crippen LogP contribution >= 0.6 is 0 Å². The first-order valence-corrected chi connectivity index (χ1v) is 5.76. The highest BCUT2D eigenvalue weighted by Crippen LogP contribution is 2.36. The van der Waals surface area contributed by atoms with Crippen LogP contribution in [0.25, 0.3) is 0 Å². The van der Waals surface area contributed by atoms with Gasteiger partial charge >= 0.3 is 0 Å². The molecule has 1 amide bonds. The third kappa shape index (κ3) is 1.54. The van der Waals surface area contributed by atoms with Crippen molar-refractivity contribution in [3.63, 3.8) is 0 Å². The van der Waals surface area contributed by atoms with E-state index in [-0.39, 0.29) is 0 Å². The number of amides is 1. The Hall–Kier alpha value is -1.31. The van der Waals surface area contributed by atoms with E-state index in [0.29, 0.717) is 18.4 Å². The molecule has 0 radical (unpaired) electrons. The van der Waals surface area contributed by atoms with Gasteiger partial charge in [-0.05, 0) is 37.3 Å². The van der Waals surface area contributed by atoms with Crippen molar-refractivity contribution in [3.8, 4) is 0 Å². The van der Waals surface area contributed by atoms with Gasteiger partial charge in [-0.15, -0.1) is 0 Å². The second-order valence-corrected chi connectivity index (χ2v) is 4.48. The van der Waals surface area contributed by atoms with E-state index in [1.165, 1.54) is 24.1 Å². The van der Waals surface area contributed by atoms with E-state index < -0.39 is 0 Å². The molecule has 0 bridgehead atoms. The van der Waals surface area contributed by atoms with Crippen molar-refractivity contribution in [1.29, 1.82) is 0 Å². The molecule has 0 unspecified atom stereocenters. The number of para-hydroxylation sites is 1. The summed E-state index contributed by atoms with van der Waals surface area (Å²) in [5.41, 5.74) is 2.51. The SMILES string of the molecule is O=C1CCCc2ccccc2N1C1CC1. The normalized spacial score (nSPS) is 21.1. The van der Waals surface area contributed by atoms with Crippen LogP contribution in [0.5, 0.6) is 0 Å². The van der Waals surface area contributed by atoms with E-state index in [0.717, 1.165) is 12.8 Å². The minimum Gasteiger partial charge on any atom is -0.309 e. The predicted molar refractivity (Wildman–Crippen MR) is 59.9 cm³/mol. The molecule has 1 saturated carbocycles. The maximum absolute atomic E-state index is 12.0. The number of anilines is 1. The molecule has 78 valence electrons. The average Bonchev–Trinajstić information content (AvgIpc) is 3.03. The lowest BCUT2D eigenvalue weighted by atomic mass is 10.1. The second-order valence-electron chi connectivity index (χ2n) is 4.48. The van der Waals surface area contributed by atoms with Crippen LogP contribution in [0, 0.1) is 0 Å². The first-order chi connectivity index (χ1) is 7.36. The summed E-state index contributed by atoms with van der Waals surface area (Å²) in [7, 11) is 0. The van der Waals surface area contributed by atoms with E-state index in [2.05, 4.69) is 18.2 Å². The Morgan fingerprint density at radius 2 is 1.93 bits per heavy atom. The minimum absolute atomic E-state index is 0.322. The fourth-order valence-electron chi connectivity index (χ4n) is 2.38. The Kier molecular flexibility index (Phi) is 2.01. The number of nitrogens with zero attached hydrogens (tertiary/aromatic N) is 1. The maximum Gasteiger partial charge on any atom is 0.227 e. The van der Waals surface area contributed by atoms with Gasteiger partial charge < -0.3 is 4.90 Å². The van der Waals surface area contributed by atoms with E-state index in [1.807, 2.05) is 11.0 Å². The number of hydrogen-bond acceptors (Lipinski definition) is 1. The standard InChI is InChI=1S/C13H15NO/c15-13-7-3-5-10-4-1-2-6-12(10)14(13)11-8-9-11/h1-2,4,6,11H,3,5,7-9H2. The quantitative estimate of drug-likeness (QED) is 0.683. The lowest BCUT2D eigenvalue weighted by molar-refractivity contribution is -0.118. The summed E-state index contributed by atoms with van der Waals surface area (Å²) in [6.07, 6.45) is 5.12. The molecule has 1 aliphatic carbocycles. The van der Waals surface area contributed by atoms with Crippen LogP contribution in [0.3, 0.4) is 0 Å². The van der Waals surface area contributed by atoms with Gasteiger partial charge in [0.25, 0.3) is 0 Å². The fraction of sp³-hybridized carbons (Fsp3) is 0.462. The zero-order chi connectivity index (χ0) is 10.3. The molecular formula is C13H15NO. The van der Waals surface area contributed by atoms with Crippen molar-refractivity contribution < 1.29 is 4.79 Å². The van der Waals surface area contributed by atoms with E-state index in [4.69, 9.17) is 0 Å². The van der Waals surface area contributed by atoms with Crippen LogP contribution in [0.2, 0.25) is 0 Å². The van der Waals surface area contributed by atoms with Gasteiger partial charge in [-0.3, -0.25) is 4.79 Å².